The van der Waals surface area contributed by atoms with Crippen LogP contribution in [0, 0.1) is 0 Å². The van der Waals surface area contributed by atoms with E-state index in [-0.39, 0.29) is 6.42 Å². The number of unbranched alkanes of at least 4 members (excludes halogenated alkanes) is 1. The molecule has 0 aliphatic heterocycles. The van der Waals surface area contributed by atoms with Gasteiger partial charge in [0.2, 0.25) is 5.75 Å². The van der Waals surface area contributed by atoms with E-state index in [1.54, 1.807) is 12.1 Å². The fourth-order valence-electron chi connectivity index (χ4n) is 1.71. The number of methoxy groups -OCH3 is 3. The number of carboxylic acids is 1. The summed E-state index contributed by atoms with van der Waals surface area (Å²) < 4.78 is 21.2. The monoisotopic (exact) mass is 284 g/mol. The Kier molecular flexibility index (Phi) is 6.49. The van der Waals surface area contributed by atoms with Crippen molar-refractivity contribution in [1.82, 2.24) is 0 Å². The minimum atomic E-state index is -0.794. The molecule has 0 amide bonds. The molecule has 0 aliphatic carbocycles. The zero-order chi connectivity index (χ0) is 15.0. The van der Waals surface area contributed by atoms with E-state index in [0.717, 1.165) is 0 Å². The molecule has 0 bridgehead atoms. The van der Waals surface area contributed by atoms with Gasteiger partial charge in [-0.3, -0.25) is 4.79 Å². The van der Waals surface area contributed by atoms with E-state index < -0.39 is 5.97 Å². The summed E-state index contributed by atoms with van der Waals surface area (Å²) in [6.07, 6.45) is 1.40. The molecule has 6 nitrogen and oxygen atoms in total. The van der Waals surface area contributed by atoms with E-state index in [4.69, 9.17) is 24.1 Å². The molecule has 0 heterocycles. The lowest BCUT2D eigenvalue weighted by Gasteiger charge is -2.14. The SMILES string of the molecule is COc1cc(OCCCCC(=O)O)cc(OC)c1OC. The predicted molar refractivity (Wildman–Crippen MR) is 73.1 cm³/mol. The molecule has 6 heteroatoms. The first-order valence-corrected chi connectivity index (χ1v) is 6.27. The molecule has 1 aromatic carbocycles. The third-order valence-corrected chi connectivity index (χ3v) is 2.69. The van der Waals surface area contributed by atoms with Crippen molar-refractivity contribution in [3.63, 3.8) is 0 Å². The van der Waals surface area contributed by atoms with Gasteiger partial charge in [0.05, 0.1) is 27.9 Å². The Morgan fingerprint density at radius 1 is 1.05 bits per heavy atom. The molecule has 0 aliphatic rings. The molecular weight excluding hydrogens is 264 g/mol. The van der Waals surface area contributed by atoms with Gasteiger partial charge < -0.3 is 24.1 Å². The Labute approximate surface area is 118 Å². The molecule has 0 saturated heterocycles. The first kappa shape index (κ1) is 15.9. The second-order valence-corrected chi connectivity index (χ2v) is 4.06. The van der Waals surface area contributed by atoms with Gasteiger partial charge in [-0.1, -0.05) is 0 Å². The van der Waals surface area contributed by atoms with Crippen LogP contribution in [0.4, 0.5) is 0 Å². The summed E-state index contributed by atoms with van der Waals surface area (Å²) in [4.78, 5) is 10.4. The number of aliphatic carboxylic acids is 1. The Morgan fingerprint density at radius 2 is 1.65 bits per heavy atom. The van der Waals surface area contributed by atoms with Gasteiger partial charge in [-0.05, 0) is 12.8 Å². The summed E-state index contributed by atoms with van der Waals surface area (Å²) in [5, 5.41) is 8.54. The number of hydrogen-bond donors (Lipinski definition) is 1. The van der Waals surface area contributed by atoms with Crippen molar-refractivity contribution in [1.29, 1.82) is 0 Å². The molecule has 112 valence electrons. The van der Waals surface area contributed by atoms with E-state index in [1.807, 2.05) is 0 Å². The highest BCUT2D eigenvalue weighted by Crippen LogP contribution is 2.40. The van der Waals surface area contributed by atoms with Crippen molar-refractivity contribution in [3.05, 3.63) is 12.1 Å². The smallest absolute Gasteiger partial charge is 0.303 e. The van der Waals surface area contributed by atoms with Gasteiger partial charge in [0.1, 0.15) is 5.75 Å². The largest absolute Gasteiger partial charge is 0.493 e. The minimum absolute atomic E-state index is 0.151. The number of hydrogen-bond acceptors (Lipinski definition) is 5. The number of benzene rings is 1. The summed E-state index contributed by atoms with van der Waals surface area (Å²) in [5.41, 5.74) is 0. The van der Waals surface area contributed by atoms with E-state index in [9.17, 15) is 4.79 Å². The first-order valence-electron chi connectivity index (χ1n) is 6.27. The van der Waals surface area contributed by atoms with Crippen LogP contribution in [-0.2, 0) is 4.79 Å². The highest BCUT2D eigenvalue weighted by atomic mass is 16.5. The van der Waals surface area contributed by atoms with Crippen molar-refractivity contribution in [2.75, 3.05) is 27.9 Å². The summed E-state index contributed by atoms with van der Waals surface area (Å²) in [6.45, 7) is 0.436. The van der Waals surface area contributed by atoms with Gasteiger partial charge in [-0.25, -0.2) is 0 Å². The average Bonchev–Trinajstić information content (AvgIpc) is 2.45. The maximum absolute atomic E-state index is 10.4. The van der Waals surface area contributed by atoms with Crippen molar-refractivity contribution in [2.45, 2.75) is 19.3 Å². The lowest BCUT2D eigenvalue weighted by Crippen LogP contribution is -2.01. The zero-order valence-electron chi connectivity index (χ0n) is 12.0. The fourth-order valence-corrected chi connectivity index (χ4v) is 1.71. The topological polar surface area (TPSA) is 74.2 Å². The number of carboxylic acid groups (broad SMARTS) is 1. The third-order valence-electron chi connectivity index (χ3n) is 2.69. The Hall–Kier alpha value is -2.11. The Morgan fingerprint density at radius 3 is 2.10 bits per heavy atom. The van der Waals surface area contributed by atoms with Crippen molar-refractivity contribution in [3.8, 4) is 23.0 Å². The van der Waals surface area contributed by atoms with E-state index in [2.05, 4.69) is 0 Å². The summed E-state index contributed by atoms with van der Waals surface area (Å²) in [7, 11) is 4.61. The van der Waals surface area contributed by atoms with Crippen LogP contribution in [0.5, 0.6) is 23.0 Å². The Balaban J connectivity index is 2.64. The summed E-state index contributed by atoms with van der Waals surface area (Å²) in [5.74, 6) is 1.35. The molecule has 0 aromatic heterocycles. The number of rotatable bonds is 9. The van der Waals surface area contributed by atoms with Crippen LogP contribution in [0.25, 0.3) is 0 Å². The van der Waals surface area contributed by atoms with Crippen molar-refractivity contribution in [2.24, 2.45) is 0 Å². The molecule has 1 aromatic rings. The summed E-state index contributed by atoms with van der Waals surface area (Å²) in [6, 6.07) is 3.41. The predicted octanol–water partition coefficient (Wildman–Crippen LogP) is 2.35. The lowest BCUT2D eigenvalue weighted by molar-refractivity contribution is -0.137. The van der Waals surface area contributed by atoms with Crippen LogP contribution in [0.15, 0.2) is 12.1 Å². The molecule has 20 heavy (non-hydrogen) atoms. The highest BCUT2D eigenvalue weighted by Gasteiger charge is 2.13. The molecule has 0 saturated carbocycles. The maximum atomic E-state index is 10.4. The standard InChI is InChI=1S/C14H20O6/c1-17-11-8-10(9-12(18-2)14(11)19-3)20-7-5-4-6-13(15)16/h8-9H,4-7H2,1-3H3,(H,15,16). The van der Waals surface area contributed by atoms with Gasteiger partial charge in [0.25, 0.3) is 0 Å². The number of ether oxygens (including phenoxy) is 4. The van der Waals surface area contributed by atoms with E-state index >= 15 is 0 Å². The molecular formula is C14H20O6. The molecule has 0 fully saturated rings. The van der Waals surface area contributed by atoms with Gasteiger partial charge >= 0.3 is 5.97 Å². The maximum Gasteiger partial charge on any atom is 0.303 e. The van der Waals surface area contributed by atoms with E-state index in [0.29, 0.717) is 42.4 Å². The molecule has 1 N–H and O–H groups in total. The number of carbonyl (C=O) groups is 1. The van der Waals surface area contributed by atoms with Gasteiger partial charge in [0, 0.05) is 18.6 Å². The minimum Gasteiger partial charge on any atom is -0.493 e. The highest BCUT2D eigenvalue weighted by molar-refractivity contribution is 5.66. The average molecular weight is 284 g/mol. The van der Waals surface area contributed by atoms with Gasteiger partial charge in [-0.15, -0.1) is 0 Å². The second kappa shape index (κ2) is 8.14. The molecule has 0 unspecified atom stereocenters. The summed E-state index contributed by atoms with van der Waals surface area (Å²) >= 11 is 0. The lowest BCUT2D eigenvalue weighted by atomic mass is 10.2. The third kappa shape index (κ3) is 4.53. The van der Waals surface area contributed by atoms with Crippen LogP contribution in [0.3, 0.4) is 0 Å². The van der Waals surface area contributed by atoms with Gasteiger partial charge in [0.15, 0.2) is 11.5 Å². The van der Waals surface area contributed by atoms with Crippen LogP contribution in [0.2, 0.25) is 0 Å². The molecule has 1 rings (SSSR count). The molecule has 0 radical (unpaired) electrons. The Bertz CT molecular complexity index is 418. The van der Waals surface area contributed by atoms with Crippen molar-refractivity contribution < 1.29 is 28.8 Å². The normalized spacial score (nSPS) is 9.95. The first-order chi connectivity index (χ1) is 9.62. The van der Waals surface area contributed by atoms with Crippen LogP contribution < -0.4 is 18.9 Å². The fraction of sp³-hybridized carbons (Fsp3) is 0.500. The quantitative estimate of drug-likeness (QED) is 0.702. The van der Waals surface area contributed by atoms with Gasteiger partial charge in [-0.2, -0.15) is 0 Å². The molecule has 0 atom stereocenters. The molecule has 0 spiro atoms. The van der Waals surface area contributed by atoms with Crippen LogP contribution in [0.1, 0.15) is 19.3 Å². The van der Waals surface area contributed by atoms with Crippen LogP contribution >= 0.6 is 0 Å². The second-order valence-electron chi connectivity index (χ2n) is 4.06. The van der Waals surface area contributed by atoms with E-state index in [1.165, 1.54) is 21.3 Å². The zero-order valence-corrected chi connectivity index (χ0v) is 12.0. The van der Waals surface area contributed by atoms with Crippen LogP contribution in [-0.4, -0.2) is 39.0 Å². The van der Waals surface area contributed by atoms with Crippen molar-refractivity contribution >= 4 is 5.97 Å².